The second kappa shape index (κ2) is 8.08. The molecule has 0 heterocycles. The third kappa shape index (κ3) is 6.00. The molecule has 0 atom stereocenters. The molecule has 0 bridgehead atoms. The van der Waals surface area contributed by atoms with E-state index in [-0.39, 0.29) is 0 Å². The van der Waals surface area contributed by atoms with Gasteiger partial charge in [0.2, 0.25) is 0 Å². The maximum atomic E-state index is 5.75. The SMILES string of the molecule is CCCCCCCOc1ccc(NCC2CC2)cc1. The van der Waals surface area contributed by atoms with Crippen LogP contribution in [0.4, 0.5) is 5.69 Å². The zero-order valence-electron chi connectivity index (χ0n) is 12.2. The van der Waals surface area contributed by atoms with Gasteiger partial charge in [0.15, 0.2) is 0 Å². The van der Waals surface area contributed by atoms with E-state index < -0.39 is 0 Å². The summed E-state index contributed by atoms with van der Waals surface area (Å²) in [7, 11) is 0. The van der Waals surface area contributed by atoms with Crippen molar-refractivity contribution < 1.29 is 4.74 Å². The van der Waals surface area contributed by atoms with E-state index >= 15 is 0 Å². The Labute approximate surface area is 117 Å². The molecule has 1 saturated carbocycles. The van der Waals surface area contributed by atoms with Crippen molar-refractivity contribution in [3.05, 3.63) is 24.3 Å². The number of benzene rings is 1. The third-order valence-corrected chi connectivity index (χ3v) is 3.66. The Morgan fingerprint density at radius 3 is 2.47 bits per heavy atom. The van der Waals surface area contributed by atoms with Gasteiger partial charge in [-0.1, -0.05) is 32.6 Å². The van der Waals surface area contributed by atoms with Crippen LogP contribution in [-0.4, -0.2) is 13.2 Å². The summed E-state index contributed by atoms with van der Waals surface area (Å²) >= 11 is 0. The molecule has 0 aromatic heterocycles. The molecule has 19 heavy (non-hydrogen) atoms. The molecule has 1 N–H and O–H groups in total. The highest BCUT2D eigenvalue weighted by atomic mass is 16.5. The third-order valence-electron chi connectivity index (χ3n) is 3.66. The Morgan fingerprint density at radius 2 is 1.79 bits per heavy atom. The van der Waals surface area contributed by atoms with E-state index in [1.165, 1.54) is 50.6 Å². The lowest BCUT2D eigenvalue weighted by Gasteiger charge is -2.08. The van der Waals surface area contributed by atoms with E-state index in [0.29, 0.717) is 0 Å². The van der Waals surface area contributed by atoms with Gasteiger partial charge in [0.1, 0.15) is 5.75 Å². The molecule has 1 aromatic rings. The van der Waals surface area contributed by atoms with Crippen molar-refractivity contribution in [2.75, 3.05) is 18.5 Å². The fourth-order valence-electron chi connectivity index (χ4n) is 2.15. The molecule has 1 aromatic carbocycles. The van der Waals surface area contributed by atoms with Gasteiger partial charge in [-0.15, -0.1) is 0 Å². The van der Waals surface area contributed by atoms with Crippen LogP contribution in [0.1, 0.15) is 51.9 Å². The number of hydrogen-bond donors (Lipinski definition) is 1. The molecular weight excluding hydrogens is 234 g/mol. The van der Waals surface area contributed by atoms with E-state index in [4.69, 9.17) is 4.74 Å². The lowest BCUT2D eigenvalue weighted by Crippen LogP contribution is -2.03. The number of rotatable bonds is 10. The Balaban J connectivity index is 1.58. The molecule has 1 fully saturated rings. The first kappa shape index (κ1) is 14.2. The van der Waals surface area contributed by atoms with E-state index in [0.717, 1.165) is 24.8 Å². The second-order valence-electron chi connectivity index (χ2n) is 5.61. The molecule has 2 rings (SSSR count). The quantitative estimate of drug-likeness (QED) is 0.607. The van der Waals surface area contributed by atoms with Crippen molar-refractivity contribution in [1.82, 2.24) is 0 Å². The van der Waals surface area contributed by atoms with Crippen molar-refractivity contribution in [1.29, 1.82) is 0 Å². The summed E-state index contributed by atoms with van der Waals surface area (Å²) in [5, 5.41) is 3.47. The van der Waals surface area contributed by atoms with Crippen LogP contribution < -0.4 is 10.1 Å². The molecule has 1 aliphatic rings. The van der Waals surface area contributed by atoms with Crippen molar-refractivity contribution >= 4 is 5.69 Å². The highest BCUT2D eigenvalue weighted by Crippen LogP contribution is 2.29. The average Bonchev–Trinajstić information content (AvgIpc) is 3.26. The van der Waals surface area contributed by atoms with Crippen LogP contribution in [0.3, 0.4) is 0 Å². The molecule has 0 radical (unpaired) electrons. The van der Waals surface area contributed by atoms with E-state index in [2.05, 4.69) is 36.5 Å². The van der Waals surface area contributed by atoms with Crippen LogP contribution >= 0.6 is 0 Å². The molecule has 0 unspecified atom stereocenters. The van der Waals surface area contributed by atoms with Gasteiger partial charge in [-0.2, -0.15) is 0 Å². The average molecular weight is 261 g/mol. The topological polar surface area (TPSA) is 21.3 Å². The van der Waals surface area contributed by atoms with E-state index in [1.807, 2.05) is 0 Å². The van der Waals surface area contributed by atoms with Crippen LogP contribution in [0.25, 0.3) is 0 Å². The summed E-state index contributed by atoms with van der Waals surface area (Å²) in [5.74, 6) is 1.91. The van der Waals surface area contributed by atoms with Crippen LogP contribution in [0.2, 0.25) is 0 Å². The van der Waals surface area contributed by atoms with Gasteiger partial charge in [-0.05, 0) is 49.4 Å². The van der Waals surface area contributed by atoms with Gasteiger partial charge in [0.05, 0.1) is 6.61 Å². The Hall–Kier alpha value is -1.18. The lowest BCUT2D eigenvalue weighted by molar-refractivity contribution is 0.304. The zero-order valence-corrected chi connectivity index (χ0v) is 12.2. The Morgan fingerprint density at radius 1 is 1.05 bits per heavy atom. The predicted molar refractivity (Wildman–Crippen MR) is 81.9 cm³/mol. The maximum absolute atomic E-state index is 5.75. The van der Waals surface area contributed by atoms with Gasteiger partial charge >= 0.3 is 0 Å². The summed E-state index contributed by atoms with van der Waals surface area (Å²) < 4.78 is 5.75. The minimum Gasteiger partial charge on any atom is -0.494 e. The van der Waals surface area contributed by atoms with Crippen LogP contribution in [0, 0.1) is 5.92 Å². The first-order valence-corrected chi connectivity index (χ1v) is 7.85. The number of nitrogens with one attached hydrogen (secondary N) is 1. The van der Waals surface area contributed by atoms with Gasteiger partial charge < -0.3 is 10.1 Å². The van der Waals surface area contributed by atoms with E-state index in [1.54, 1.807) is 0 Å². The molecule has 0 saturated heterocycles. The standard InChI is InChI=1S/C17H27NO/c1-2-3-4-5-6-13-19-17-11-9-16(10-12-17)18-14-15-7-8-15/h9-12,15,18H,2-8,13-14H2,1H3. The smallest absolute Gasteiger partial charge is 0.119 e. The normalized spacial score (nSPS) is 14.4. The molecule has 106 valence electrons. The summed E-state index contributed by atoms with van der Waals surface area (Å²) in [6.07, 6.45) is 9.23. The number of unbranched alkanes of at least 4 members (excludes halogenated alkanes) is 4. The molecule has 0 amide bonds. The molecule has 2 heteroatoms. The summed E-state index contributed by atoms with van der Waals surface area (Å²) in [4.78, 5) is 0. The van der Waals surface area contributed by atoms with Crippen molar-refractivity contribution in [3.63, 3.8) is 0 Å². The highest BCUT2D eigenvalue weighted by molar-refractivity contribution is 5.46. The van der Waals surface area contributed by atoms with Crippen LogP contribution in [-0.2, 0) is 0 Å². The van der Waals surface area contributed by atoms with Crippen LogP contribution in [0.5, 0.6) is 5.75 Å². The Bertz CT molecular complexity index is 343. The second-order valence-corrected chi connectivity index (χ2v) is 5.61. The van der Waals surface area contributed by atoms with Gasteiger partial charge in [0, 0.05) is 12.2 Å². The summed E-state index contributed by atoms with van der Waals surface area (Å²) in [6, 6.07) is 8.38. The summed E-state index contributed by atoms with van der Waals surface area (Å²) in [5.41, 5.74) is 1.21. The monoisotopic (exact) mass is 261 g/mol. The zero-order chi connectivity index (χ0) is 13.3. The first-order valence-electron chi connectivity index (χ1n) is 7.85. The molecule has 2 nitrogen and oxygen atoms in total. The molecule has 0 aliphatic heterocycles. The fourth-order valence-corrected chi connectivity index (χ4v) is 2.15. The minimum absolute atomic E-state index is 0.846. The molecule has 0 spiro atoms. The number of hydrogen-bond acceptors (Lipinski definition) is 2. The number of anilines is 1. The van der Waals surface area contributed by atoms with E-state index in [9.17, 15) is 0 Å². The summed E-state index contributed by atoms with van der Waals surface area (Å²) in [6.45, 7) is 4.21. The maximum Gasteiger partial charge on any atom is 0.119 e. The van der Waals surface area contributed by atoms with Gasteiger partial charge in [-0.25, -0.2) is 0 Å². The largest absolute Gasteiger partial charge is 0.494 e. The molecular formula is C17H27NO. The molecule has 1 aliphatic carbocycles. The predicted octanol–water partition coefficient (Wildman–Crippen LogP) is 4.86. The number of ether oxygens (including phenoxy) is 1. The highest BCUT2D eigenvalue weighted by Gasteiger charge is 2.20. The fraction of sp³-hybridized carbons (Fsp3) is 0.647. The minimum atomic E-state index is 0.846. The van der Waals surface area contributed by atoms with Gasteiger partial charge in [0.25, 0.3) is 0 Å². The Kier molecular flexibility index (Phi) is 6.06. The van der Waals surface area contributed by atoms with Crippen molar-refractivity contribution in [2.24, 2.45) is 5.92 Å². The first-order chi connectivity index (χ1) is 9.38. The van der Waals surface area contributed by atoms with Crippen molar-refractivity contribution in [2.45, 2.75) is 51.9 Å². The van der Waals surface area contributed by atoms with Crippen LogP contribution in [0.15, 0.2) is 24.3 Å². The van der Waals surface area contributed by atoms with Crippen molar-refractivity contribution in [3.8, 4) is 5.75 Å². The van der Waals surface area contributed by atoms with Gasteiger partial charge in [-0.3, -0.25) is 0 Å². The lowest BCUT2D eigenvalue weighted by atomic mass is 10.2.